The van der Waals surface area contributed by atoms with Gasteiger partial charge in [-0.25, -0.2) is 9.79 Å². The zero-order valence-electron chi connectivity index (χ0n) is 19.4. The Hall–Kier alpha value is -2.58. The molecule has 0 spiro atoms. The summed E-state index contributed by atoms with van der Waals surface area (Å²) in [7, 11) is 2.13. The van der Waals surface area contributed by atoms with E-state index in [2.05, 4.69) is 42.4 Å². The molecule has 0 unspecified atom stereocenters. The van der Waals surface area contributed by atoms with Gasteiger partial charge in [0.05, 0.1) is 50.2 Å². The van der Waals surface area contributed by atoms with Gasteiger partial charge in [-0.2, -0.15) is 0 Å². The summed E-state index contributed by atoms with van der Waals surface area (Å²) in [5.74, 6) is 1.02. The van der Waals surface area contributed by atoms with Crippen LogP contribution in [0.3, 0.4) is 0 Å². The molecule has 2 aromatic rings. The van der Waals surface area contributed by atoms with Gasteiger partial charge < -0.3 is 19.7 Å². The van der Waals surface area contributed by atoms with Crippen LogP contribution in [0.4, 0.5) is 21.2 Å². The number of carbonyl (C=O) groups is 1. The molecular weight excluding hydrogens is 424 g/mol. The molecule has 0 saturated carbocycles. The molecule has 7 nitrogen and oxygen atoms in total. The Kier molecular flexibility index (Phi) is 6.71. The van der Waals surface area contributed by atoms with Crippen LogP contribution in [0.5, 0.6) is 0 Å². The van der Waals surface area contributed by atoms with Gasteiger partial charge >= 0.3 is 6.16 Å². The monoisotopic (exact) mass is 457 g/mol. The van der Waals surface area contributed by atoms with Gasteiger partial charge in [0.2, 0.25) is 6.73 Å². The standard InChI is InChI=1S/C24H33N4O3S/c1-5-18(6-2)31-24(29)30-16-28(4)13-11-27(12-14-28)22-19-15-17(3)32-23(19)26-21-10-8-7-9-20(21)25-22/h7-10,15,18,26H,5-6,11-14,16H2,1-4H3/q+1. The fourth-order valence-corrected chi connectivity index (χ4v) is 5.03. The molecule has 172 valence electrons. The molecule has 8 heteroatoms. The minimum absolute atomic E-state index is 0.0716. The van der Waals surface area contributed by atoms with E-state index in [1.807, 2.05) is 26.0 Å². The number of nitrogens with zero attached hydrogens (tertiary/aromatic N) is 3. The van der Waals surface area contributed by atoms with E-state index >= 15 is 0 Å². The molecule has 2 aliphatic heterocycles. The minimum Gasteiger partial charge on any atom is -0.431 e. The first kappa shape index (κ1) is 22.6. The van der Waals surface area contributed by atoms with Gasteiger partial charge in [0, 0.05) is 4.88 Å². The van der Waals surface area contributed by atoms with Gasteiger partial charge in [0.15, 0.2) is 0 Å². The van der Waals surface area contributed by atoms with Crippen LogP contribution in [0.2, 0.25) is 0 Å². The maximum absolute atomic E-state index is 12.1. The van der Waals surface area contributed by atoms with Crippen LogP contribution < -0.4 is 5.32 Å². The van der Waals surface area contributed by atoms with Gasteiger partial charge in [-0.05, 0) is 38.0 Å². The van der Waals surface area contributed by atoms with Crippen molar-refractivity contribution in [3.8, 4) is 0 Å². The molecule has 0 bridgehead atoms. The second-order valence-electron chi connectivity index (χ2n) is 8.81. The number of anilines is 2. The van der Waals surface area contributed by atoms with E-state index < -0.39 is 6.16 Å². The Morgan fingerprint density at radius 1 is 1.25 bits per heavy atom. The van der Waals surface area contributed by atoms with Crippen molar-refractivity contribution in [3.05, 3.63) is 40.8 Å². The number of hydrogen-bond donors (Lipinski definition) is 1. The smallest absolute Gasteiger partial charge is 0.431 e. The lowest BCUT2D eigenvalue weighted by Crippen LogP contribution is -2.59. The summed E-state index contributed by atoms with van der Waals surface area (Å²) in [6, 6.07) is 10.4. The maximum atomic E-state index is 12.1. The Bertz CT molecular complexity index is 991. The predicted octanol–water partition coefficient (Wildman–Crippen LogP) is 5.25. The molecule has 0 aliphatic carbocycles. The molecule has 0 radical (unpaired) electrons. The third-order valence-corrected chi connectivity index (χ3v) is 7.23. The van der Waals surface area contributed by atoms with Crippen molar-refractivity contribution >= 4 is 39.7 Å². The topological polar surface area (TPSA) is 63.2 Å². The van der Waals surface area contributed by atoms with E-state index in [9.17, 15) is 4.79 Å². The summed E-state index contributed by atoms with van der Waals surface area (Å²) in [6.07, 6.45) is 0.973. The van der Waals surface area contributed by atoms with Crippen LogP contribution in [-0.4, -0.2) is 67.4 Å². The molecule has 2 aliphatic rings. The summed E-state index contributed by atoms with van der Waals surface area (Å²) in [5, 5.41) is 4.71. The molecule has 1 aromatic carbocycles. The molecule has 1 N–H and O–H groups in total. The number of likely N-dealkylation sites (N-methyl/N-ethyl adjacent to an activating group) is 1. The number of amidine groups is 1. The molecular formula is C24H33N4O3S+. The number of thiophene rings is 1. The fraction of sp³-hybridized carbons (Fsp3) is 0.500. The second-order valence-corrected chi connectivity index (χ2v) is 10.1. The average molecular weight is 458 g/mol. The number of rotatable bonds is 5. The van der Waals surface area contributed by atoms with E-state index in [1.54, 1.807) is 11.3 Å². The largest absolute Gasteiger partial charge is 0.512 e. The van der Waals surface area contributed by atoms with E-state index in [-0.39, 0.29) is 6.10 Å². The molecule has 1 aromatic heterocycles. The Morgan fingerprint density at radius 2 is 1.97 bits per heavy atom. The molecule has 1 fully saturated rings. The van der Waals surface area contributed by atoms with Crippen molar-refractivity contribution < 1.29 is 18.8 Å². The number of benzene rings is 1. The number of fused-ring (bicyclic) bond motifs is 2. The van der Waals surface area contributed by atoms with Gasteiger partial charge in [-0.3, -0.25) is 4.48 Å². The first-order valence-corrected chi connectivity index (χ1v) is 12.2. The summed E-state index contributed by atoms with van der Waals surface area (Å²) in [6.45, 7) is 9.90. The lowest BCUT2D eigenvalue weighted by Gasteiger charge is -2.42. The number of nitrogens with one attached hydrogen (secondary N) is 1. The zero-order valence-corrected chi connectivity index (χ0v) is 20.2. The molecule has 1 saturated heterocycles. The highest BCUT2D eigenvalue weighted by Crippen LogP contribution is 2.39. The first-order valence-electron chi connectivity index (χ1n) is 11.4. The quantitative estimate of drug-likeness (QED) is 0.491. The normalized spacial score (nSPS) is 17.0. The molecule has 32 heavy (non-hydrogen) atoms. The number of para-hydroxylation sites is 2. The fourth-order valence-electron chi connectivity index (χ4n) is 4.11. The van der Waals surface area contributed by atoms with E-state index in [0.29, 0.717) is 11.2 Å². The van der Waals surface area contributed by atoms with Gasteiger partial charge in [0.25, 0.3) is 0 Å². The lowest BCUT2D eigenvalue weighted by atomic mass is 10.2. The van der Waals surface area contributed by atoms with Crippen LogP contribution in [0.25, 0.3) is 0 Å². The third kappa shape index (κ3) is 4.91. The number of ether oxygens (including phenoxy) is 2. The van der Waals surface area contributed by atoms with Crippen LogP contribution in [-0.2, 0) is 9.47 Å². The zero-order chi connectivity index (χ0) is 22.7. The Morgan fingerprint density at radius 3 is 2.69 bits per heavy atom. The number of quaternary nitrogens is 1. The number of piperazine rings is 1. The second kappa shape index (κ2) is 9.50. The summed E-state index contributed by atoms with van der Waals surface area (Å²) >= 11 is 1.76. The van der Waals surface area contributed by atoms with Crippen molar-refractivity contribution in [3.63, 3.8) is 0 Å². The van der Waals surface area contributed by atoms with Crippen molar-refractivity contribution in [2.24, 2.45) is 4.99 Å². The minimum atomic E-state index is -0.560. The lowest BCUT2D eigenvalue weighted by molar-refractivity contribution is -0.929. The SMILES string of the molecule is CCC(CC)OC(=O)OC[N+]1(C)CCN(C2=Nc3ccccc3Nc3sc(C)cc32)CC1. The maximum Gasteiger partial charge on any atom is 0.512 e. The predicted molar refractivity (Wildman–Crippen MR) is 129 cm³/mol. The van der Waals surface area contributed by atoms with Crippen LogP contribution in [0, 0.1) is 6.92 Å². The van der Waals surface area contributed by atoms with Gasteiger partial charge in [-0.1, -0.05) is 26.0 Å². The number of carbonyl (C=O) groups excluding carboxylic acids is 1. The Balaban J connectivity index is 1.44. The van der Waals surface area contributed by atoms with Crippen LogP contribution >= 0.6 is 11.3 Å². The van der Waals surface area contributed by atoms with Crippen molar-refractivity contribution in [2.45, 2.75) is 39.7 Å². The number of hydrogen-bond acceptors (Lipinski definition) is 7. The number of aliphatic imine (C=N–C) groups is 1. The van der Waals surface area contributed by atoms with E-state index in [4.69, 9.17) is 14.5 Å². The highest BCUT2D eigenvalue weighted by atomic mass is 32.1. The van der Waals surface area contributed by atoms with E-state index in [0.717, 1.165) is 66.8 Å². The molecule has 0 atom stereocenters. The average Bonchev–Trinajstić information content (AvgIpc) is 3.08. The Labute approximate surface area is 194 Å². The van der Waals surface area contributed by atoms with Crippen molar-refractivity contribution in [1.82, 2.24) is 4.90 Å². The van der Waals surface area contributed by atoms with Gasteiger partial charge in [0.1, 0.15) is 16.9 Å². The summed E-state index contributed by atoms with van der Waals surface area (Å²) in [5.41, 5.74) is 3.15. The van der Waals surface area contributed by atoms with Crippen LogP contribution in [0.15, 0.2) is 35.3 Å². The first-order chi connectivity index (χ1) is 15.4. The molecule has 0 amide bonds. The van der Waals surface area contributed by atoms with Crippen molar-refractivity contribution in [2.75, 3.05) is 45.3 Å². The summed E-state index contributed by atoms with van der Waals surface area (Å²) in [4.78, 5) is 20.8. The van der Waals surface area contributed by atoms with E-state index in [1.165, 1.54) is 4.88 Å². The third-order valence-electron chi connectivity index (χ3n) is 6.26. The van der Waals surface area contributed by atoms with Gasteiger partial charge in [-0.15, -0.1) is 11.3 Å². The molecule has 4 rings (SSSR count). The summed E-state index contributed by atoms with van der Waals surface area (Å²) < 4.78 is 11.5. The highest BCUT2D eigenvalue weighted by molar-refractivity contribution is 7.16. The number of aryl methyl sites for hydroxylation is 1. The highest BCUT2D eigenvalue weighted by Gasteiger charge is 2.33. The van der Waals surface area contributed by atoms with Crippen molar-refractivity contribution in [1.29, 1.82) is 0 Å². The van der Waals surface area contributed by atoms with Crippen LogP contribution in [0.1, 0.15) is 37.1 Å². The molecule has 3 heterocycles.